The second-order valence-corrected chi connectivity index (χ2v) is 6.55. The van der Waals surface area contributed by atoms with Crippen LogP contribution in [0.4, 0.5) is 0 Å². The summed E-state index contributed by atoms with van der Waals surface area (Å²) in [5.41, 5.74) is 0.865. The van der Waals surface area contributed by atoms with Crippen molar-refractivity contribution in [2.24, 2.45) is 0 Å². The zero-order valence-corrected chi connectivity index (χ0v) is 15.2. The van der Waals surface area contributed by atoms with Crippen LogP contribution in [0.2, 0.25) is 5.02 Å². The molecule has 24 heavy (non-hydrogen) atoms. The molecule has 3 aromatic carbocycles. The Kier molecular flexibility index (Phi) is 5.07. The molecule has 0 aliphatic carbocycles. The zero-order chi connectivity index (χ0) is 17.1. The van der Waals surface area contributed by atoms with E-state index in [0.29, 0.717) is 16.5 Å². The lowest BCUT2D eigenvalue weighted by molar-refractivity contribution is -0.136. The zero-order valence-electron chi connectivity index (χ0n) is 12.9. The van der Waals surface area contributed by atoms with Crippen LogP contribution in [0.15, 0.2) is 59.1 Å². The first kappa shape index (κ1) is 16.8. The van der Waals surface area contributed by atoms with Crippen LogP contribution in [0.3, 0.4) is 0 Å². The van der Waals surface area contributed by atoms with Crippen molar-refractivity contribution >= 4 is 44.3 Å². The summed E-state index contributed by atoms with van der Waals surface area (Å²) in [6, 6.07) is 16.6. The van der Waals surface area contributed by atoms with Gasteiger partial charge in [-0.25, -0.2) is 4.79 Å². The smallest absolute Gasteiger partial charge is 0.349 e. The van der Waals surface area contributed by atoms with Crippen LogP contribution in [0.5, 0.6) is 11.5 Å². The molecule has 122 valence electrons. The largest absolute Gasteiger partial charge is 0.482 e. The van der Waals surface area contributed by atoms with E-state index >= 15 is 0 Å². The van der Waals surface area contributed by atoms with Crippen LogP contribution in [-0.4, -0.2) is 12.6 Å². The third-order valence-corrected chi connectivity index (χ3v) is 4.46. The fourth-order valence-electron chi connectivity index (χ4n) is 2.39. The number of ether oxygens (including phenoxy) is 2. The van der Waals surface area contributed by atoms with Gasteiger partial charge in [0, 0.05) is 14.9 Å². The van der Waals surface area contributed by atoms with Crippen LogP contribution in [0.1, 0.15) is 5.56 Å². The highest BCUT2D eigenvalue weighted by Gasteiger charge is 2.11. The monoisotopic (exact) mass is 404 g/mol. The van der Waals surface area contributed by atoms with E-state index in [2.05, 4.69) is 15.9 Å². The van der Waals surface area contributed by atoms with Gasteiger partial charge >= 0.3 is 5.97 Å². The first-order valence-corrected chi connectivity index (χ1v) is 8.48. The molecular formula is C19H14BrClO3. The Morgan fingerprint density at radius 1 is 1.04 bits per heavy atom. The number of benzene rings is 3. The van der Waals surface area contributed by atoms with Crippen molar-refractivity contribution in [2.75, 3.05) is 6.61 Å². The number of halogens is 2. The van der Waals surface area contributed by atoms with Crippen LogP contribution in [-0.2, 0) is 4.79 Å². The molecule has 0 aromatic heterocycles. The molecule has 3 nitrogen and oxygen atoms in total. The predicted octanol–water partition coefficient (Wildman–Crippen LogP) is 5.55. The molecule has 0 radical (unpaired) electrons. The Balaban J connectivity index is 1.72. The van der Waals surface area contributed by atoms with Gasteiger partial charge in [0.2, 0.25) is 0 Å². The average Bonchev–Trinajstić information content (AvgIpc) is 2.57. The van der Waals surface area contributed by atoms with Crippen molar-refractivity contribution < 1.29 is 14.3 Å². The molecule has 5 heteroatoms. The molecule has 0 N–H and O–H groups in total. The third-order valence-electron chi connectivity index (χ3n) is 3.54. The third kappa shape index (κ3) is 3.71. The quantitative estimate of drug-likeness (QED) is 0.422. The van der Waals surface area contributed by atoms with E-state index in [-0.39, 0.29) is 6.61 Å². The molecule has 0 fully saturated rings. The number of fused-ring (bicyclic) bond motifs is 1. The van der Waals surface area contributed by atoms with Crippen molar-refractivity contribution in [2.45, 2.75) is 6.92 Å². The first-order chi connectivity index (χ1) is 11.5. The lowest BCUT2D eigenvalue weighted by Gasteiger charge is -2.11. The summed E-state index contributed by atoms with van der Waals surface area (Å²) in [6.45, 7) is 1.70. The minimum atomic E-state index is -0.461. The van der Waals surface area contributed by atoms with Crippen LogP contribution in [0, 0.1) is 6.92 Å². The van der Waals surface area contributed by atoms with Gasteiger partial charge < -0.3 is 9.47 Å². The van der Waals surface area contributed by atoms with Gasteiger partial charge in [-0.2, -0.15) is 0 Å². The maximum Gasteiger partial charge on any atom is 0.349 e. The van der Waals surface area contributed by atoms with Gasteiger partial charge in [0.25, 0.3) is 0 Å². The minimum Gasteiger partial charge on any atom is -0.482 e. The number of hydrogen-bond acceptors (Lipinski definition) is 3. The summed E-state index contributed by atoms with van der Waals surface area (Å²) < 4.78 is 11.9. The Morgan fingerprint density at radius 2 is 1.75 bits per heavy atom. The maximum absolute atomic E-state index is 12.1. The fraction of sp³-hybridized carbons (Fsp3) is 0.105. The molecule has 0 atom stereocenters. The lowest BCUT2D eigenvalue weighted by Crippen LogP contribution is -2.18. The van der Waals surface area contributed by atoms with E-state index < -0.39 is 5.97 Å². The summed E-state index contributed by atoms with van der Waals surface area (Å²) in [7, 11) is 0. The Labute approximate surface area is 153 Å². The average molecular weight is 406 g/mol. The van der Waals surface area contributed by atoms with Crippen LogP contribution in [0.25, 0.3) is 10.8 Å². The highest BCUT2D eigenvalue weighted by Crippen LogP contribution is 2.31. The molecule has 0 amide bonds. The van der Waals surface area contributed by atoms with Crippen molar-refractivity contribution in [1.82, 2.24) is 0 Å². The minimum absolute atomic E-state index is 0.174. The van der Waals surface area contributed by atoms with Crippen LogP contribution < -0.4 is 9.47 Å². The summed E-state index contributed by atoms with van der Waals surface area (Å²) in [5, 5.41) is 2.48. The van der Waals surface area contributed by atoms with E-state index in [1.54, 1.807) is 24.3 Å². The van der Waals surface area contributed by atoms with Gasteiger partial charge in [-0.15, -0.1) is 0 Å². The van der Waals surface area contributed by atoms with E-state index in [1.165, 1.54) is 0 Å². The van der Waals surface area contributed by atoms with Crippen LogP contribution >= 0.6 is 27.5 Å². The van der Waals surface area contributed by atoms with Crippen molar-refractivity contribution in [1.29, 1.82) is 0 Å². The molecule has 0 bridgehead atoms. The second kappa shape index (κ2) is 7.24. The standard InChI is InChI=1S/C19H14BrClO3/c1-12-10-13(21)6-8-17(12)23-11-19(22)24-18-9-7-16(20)14-4-2-3-5-15(14)18/h2-10H,11H2,1H3. The Bertz CT molecular complexity index is 908. The molecule has 0 unspecified atom stereocenters. The highest BCUT2D eigenvalue weighted by atomic mass is 79.9. The van der Waals surface area contributed by atoms with E-state index in [9.17, 15) is 4.79 Å². The van der Waals surface area contributed by atoms with Gasteiger partial charge in [0.1, 0.15) is 11.5 Å². The molecule has 0 heterocycles. The van der Waals surface area contributed by atoms with Crippen molar-refractivity contribution in [3.63, 3.8) is 0 Å². The molecule has 0 spiro atoms. The van der Waals surface area contributed by atoms with E-state index in [4.69, 9.17) is 21.1 Å². The second-order valence-electron chi connectivity index (χ2n) is 5.26. The SMILES string of the molecule is Cc1cc(Cl)ccc1OCC(=O)Oc1ccc(Br)c2ccccc12. The van der Waals surface area contributed by atoms with Gasteiger partial charge in [-0.05, 0) is 48.2 Å². The first-order valence-electron chi connectivity index (χ1n) is 7.31. The summed E-state index contributed by atoms with van der Waals surface area (Å²) in [5.74, 6) is 0.657. The molecule has 3 rings (SSSR count). The predicted molar refractivity (Wildman–Crippen MR) is 99.0 cm³/mol. The van der Waals surface area contributed by atoms with E-state index in [1.807, 2.05) is 37.3 Å². The highest BCUT2D eigenvalue weighted by molar-refractivity contribution is 9.10. The number of aryl methyl sites for hydroxylation is 1. The lowest BCUT2D eigenvalue weighted by atomic mass is 10.1. The van der Waals surface area contributed by atoms with Gasteiger partial charge in [0.05, 0.1) is 0 Å². The number of hydrogen-bond donors (Lipinski definition) is 0. The molecule has 0 saturated heterocycles. The van der Waals surface area contributed by atoms with Crippen molar-refractivity contribution in [3.8, 4) is 11.5 Å². The Morgan fingerprint density at radius 3 is 2.50 bits per heavy atom. The molecular weight excluding hydrogens is 392 g/mol. The number of carbonyl (C=O) groups excluding carboxylic acids is 1. The number of carbonyl (C=O) groups is 1. The number of rotatable bonds is 4. The summed E-state index contributed by atoms with van der Waals surface area (Å²) >= 11 is 9.40. The van der Waals surface area contributed by atoms with Crippen molar-refractivity contribution in [3.05, 3.63) is 69.7 Å². The summed E-state index contributed by atoms with van der Waals surface area (Å²) in [4.78, 5) is 12.1. The maximum atomic E-state index is 12.1. The number of esters is 1. The van der Waals surface area contributed by atoms with Gasteiger partial charge in [-0.3, -0.25) is 0 Å². The molecule has 0 aliphatic heterocycles. The molecule has 3 aromatic rings. The fourth-order valence-corrected chi connectivity index (χ4v) is 3.09. The van der Waals surface area contributed by atoms with Gasteiger partial charge in [0.15, 0.2) is 6.61 Å². The molecule has 0 saturated carbocycles. The Hall–Kier alpha value is -2.04. The van der Waals surface area contributed by atoms with E-state index in [0.717, 1.165) is 20.8 Å². The summed E-state index contributed by atoms with van der Waals surface area (Å²) in [6.07, 6.45) is 0. The van der Waals surface area contributed by atoms with Gasteiger partial charge in [-0.1, -0.05) is 51.8 Å². The molecule has 0 aliphatic rings. The topological polar surface area (TPSA) is 35.5 Å². The normalized spacial score (nSPS) is 10.6.